The Morgan fingerprint density at radius 3 is 1.96 bits per heavy atom. The standard InChI is InChI=1S/C37H65N5O4/c1-24(2)31(40(10)36(46)32(37(7,8)9)39-34(44)29-19-14-15-21-41(29)25(3)4)23-26(5)35(45)42-22-16-20-30(42)33(43)38-27(6)28-17-12-11-13-18-28/h23-25,27-32H,11-22H2,1-10H3,(H,38,43)(H,39,44)/t27-,29+,30-,31+,32+/m0/s1. The highest BCUT2D eigenvalue weighted by Gasteiger charge is 2.41. The van der Waals surface area contributed by atoms with Crippen LogP contribution < -0.4 is 10.6 Å². The summed E-state index contributed by atoms with van der Waals surface area (Å²) in [4.78, 5) is 60.7. The van der Waals surface area contributed by atoms with E-state index in [2.05, 4.69) is 36.3 Å². The lowest BCUT2D eigenvalue weighted by molar-refractivity contribution is -0.142. The predicted octanol–water partition coefficient (Wildman–Crippen LogP) is 5.29. The summed E-state index contributed by atoms with van der Waals surface area (Å²) in [6, 6.07) is -1.43. The molecule has 1 aliphatic carbocycles. The van der Waals surface area contributed by atoms with Crippen molar-refractivity contribution in [3.05, 3.63) is 11.6 Å². The van der Waals surface area contributed by atoms with Gasteiger partial charge >= 0.3 is 0 Å². The summed E-state index contributed by atoms with van der Waals surface area (Å²) in [7, 11) is 1.77. The van der Waals surface area contributed by atoms with E-state index in [1.807, 2.05) is 40.7 Å². The molecule has 2 aliphatic heterocycles. The van der Waals surface area contributed by atoms with Crippen LogP contribution in [0.2, 0.25) is 0 Å². The van der Waals surface area contributed by atoms with Crippen LogP contribution >= 0.6 is 0 Å². The number of amides is 4. The van der Waals surface area contributed by atoms with Gasteiger partial charge in [0.1, 0.15) is 12.1 Å². The lowest BCUT2D eigenvalue weighted by atomic mass is 9.84. The molecule has 0 radical (unpaired) electrons. The van der Waals surface area contributed by atoms with Crippen LogP contribution in [0.4, 0.5) is 0 Å². The van der Waals surface area contributed by atoms with Gasteiger partial charge in [0, 0.05) is 31.2 Å². The van der Waals surface area contributed by atoms with Gasteiger partial charge in [-0.2, -0.15) is 0 Å². The van der Waals surface area contributed by atoms with Crippen molar-refractivity contribution in [2.24, 2.45) is 17.3 Å². The minimum atomic E-state index is -0.718. The molecule has 3 rings (SSSR count). The molecular formula is C37H65N5O4. The molecule has 2 heterocycles. The predicted molar refractivity (Wildman–Crippen MR) is 185 cm³/mol. The van der Waals surface area contributed by atoms with Gasteiger partial charge in [-0.05, 0) is 90.0 Å². The maximum Gasteiger partial charge on any atom is 0.249 e. The van der Waals surface area contributed by atoms with Gasteiger partial charge in [-0.25, -0.2) is 0 Å². The molecular weight excluding hydrogens is 578 g/mol. The highest BCUT2D eigenvalue weighted by Crippen LogP contribution is 2.29. The van der Waals surface area contributed by atoms with E-state index in [9.17, 15) is 19.2 Å². The summed E-state index contributed by atoms with van der Waals surface area (Å²) in [6.07, 6.45) is 12.2. The summed E-state index contributed by atoms with van der Waals surface area (Å²) in [5, 5.41) is 6.39. The number of hydrogen-bond donors (Lipinski definition) is 2. The van der Waals surface area contributed by atoms with E-state index in [1.165, 1.54) is 19.3 Å². The van der Waals surface area contributed by atoms with Crippen LogP contribution in [0.5, 0.6) is 0 Å². The second-order valence-corrected chi connectivity index (χ2v) is 16.0. The number of likely N-dealkylation sites (N-methyl/N-ethyl adjacent to an activating group) is 1. The zero-order valence-corrected chi connectivity index (χ0v) is 30.7. The molecule has 262 valence electrons. The molecule has 2 saturated heterocycles. The van der Waals surface area contributed by atoms with E-state index in [-0.39, 0.29) is 53.7 Å². The fourth-order valence-corrected chi connectivity index (χ4v) is 7.75. The second-order valence-electron chi connectivity index (χ2n) is 16.0. The van der Waals surface area contributed by atoms with Gasteiger partial charge in [0.2, 0.25) is 23.6 Å². The van der Waals surface area contributed by atoms with Crippen molar-refractivity contribution in [3.8, 4) is 0 Å². The van der Waals surface area contributed by atoms with Crippen LogP contribution in [0.25, 0.3) is 0 Å². The summed E-state index contributed by atoms with van der Waals surface area (Å²) < 4.78 is 0. The summed E-state index contributed by atoms with van der Waals surface area (Å²) in [6.45, 7) is 19.6. The van der Waals surface area contributed by atoms with Crippen LogP contribution in [0, 0.1) is 17.3 Å². The number of carbonyl (C=O) groups is 4. The first-order valence-electron chi connectivity index (χ1n) is 18.2. The van der Waals surface area contributed by atoms with Crippen LogP contribution in [0.1, 0.15) is 127 Å². The Balaban J connectivity index is 1.74. The molecule has 46 heavy (non-hydrogen) atoms. The number of piperidine rings is 1. The fourth-order valence-electron chi connectivity index (χ4n) is 7.75. The molecule has 9 nitrogen and oxygen atoms in total. The quantitative estimate of drug-likeness (QED) is 0.298. The van der Waals surface area contributed by atoms with E-state index >= 15 is 0 Å². The smallest absolute Gasteiger partial charge is 0.249 e. The van der Waals surface area contributed by atoms with Crippen LogP contribution in [0.3, 0.4) is 0 Å². The first kappa shape index (κ1) is 38.0. The van der Waals surface area contributed by atoms with E-state index in [1.54, 1.807) is 23.8 Å². The van der Waals surface area contributed by atoms with Crippen molar-refractivity contribution < 1.29 is 19.2 Å². The minimum Gasteiger partial charge on any atom is -0.352 e. The molecule has 0 spiro atoms. The van der Waals surface area contributed by atoms with Gasteiger partial charge in [-0.1, -0.05) is 66.4 Å². The van der Waals surface area contributed by atoms with E-state index in [4.69, 9.17) is 0 Å². The van der Waals surface area contributed by atoms with Crippen LogP contribution in [-0.2, 0) is 19.2 Å². The fraction of sp³-hybridized carbons (Fsp3) is 0.838. The molecule has 1 saturated carbocycles. The lowest BCUT2D eigenvalue weighted by Gasteiger charge is -2.41. The lowest BCUT2D eigenvalue weighted by Crippen LogP contribution is -2.60. The molecule has 0 aromatic carbocycles. The van der Waals surface area contributed by atoms with Crippen LogP contribution in [0.15, 0.2) is 11.6 Å². The molecule has 0 aromatic rings. The highest BCUT2D eigenvalue weighted by atomic mass is 16.2. The van der Waals surface area contributed by atoms with Gasteiger partial charge < -0.3 is 20.4 Å². The summed E-state index contributed by atoms with van der Waals surface area (Å²) in [5.41, 5.74) is 0.0174. The molecule has 0 aromatic heterocycles. The monoisotopic (exact) mass is 644 g/mol. The topological polar surface area (TPSA) is 102 Å². The third-order valence-corrected chi connectivity index (χ3v) is 10.7. The van der Waals surface area contributed by atoms with E-state index in [0.29, 0.717) is 24.5 Å². The van der Waals surface area contributed by atoms with Crippen molar-refractivity contribution in [2.45, 2.75) is 163 Å². The average Bonchev–Trinajstić information content (AvgIpc) is 3.51. The Hall–Kier alpha value is -2.42. The third kappa shape index (κ3) is 9.57. The number of carbonyl (C=O) groups excluding carboxylic acids is 4. The van der Waals surface area contributed by atoms with Crippen LogP contribution in [-0.4, -0.2) is 94.7 Å². The number of hydrogen-bond acceptors (Lipinski definition) is 5. The maximum absolute atomic E-state index is 14.2. The van der Waals surface area contributed by atoms with Gasteiger partial charge in [0.25, 0.3) is 0 Å². The first-order chi connectivity index (χ1) is 21.5. The Labute approximate surface area is 279 Å². The number of likely N-dealkylation sites (tertiary alicyclic amines) is 2. The molecule has 9 heteroatoms. The molecule has 0 bridgehead atoms. The number of nitrogens with zero attached hydrogens (tertiary/aromatic N) is 3. The molecule has 0 unspecified atom stereocenters. The van der Waals surface area contributed by atoms with Gasteiger partial charge in [0.05, 0.1) is 12.1 Å². The molecule has 2 N–H and O–H groups in total. The van der Waals surface area contributed by atoms with Crippen molar-refractivity contribution in [3.63, 3.8) is 0 Å². The Morgan fingerprint density at radius 2 is 1.37 bits per heavy atom. The SMILES string of the molecule is CC(=C[C@H](C(C)C)N(C)C(=O)[C@@H](NC(=O)[C@H]1CCCCN1C(C)C)C(C)(C)C)C(=O)N1CCC[C@H]1C(=O)N[C@@H](C)C1CCCCC1. The minimum absolute atomic E-state index is 0.0248. The van der Waals surface area contributed by atoms with Crippen molar-refractivity contribution >= 4 is 23.6 Å². The van der Waals surface area contributed by atoms with E-state index in [0.717, 1.165) is 45.1 Å². The summed E-state index contributed by atoms with van der Waals surface area (Å²) in [5.74, 6) is 0.0656. The van der Waals surface area contributed by atoms with Crippen molar-refractivity contribution in [2.75, 3.05) is 20.1 Å². The largest absolute Gasteiger partial charge is 0.352 e. The zero-order chi connectivity index (χ0) is 34.3. The maximum atomic E-state index is 14.2. The molecule has 4 amide bonds. The molecule has 3 aliphatic rings. The van der Waals surface area contributed by atoms with Gasteiger partial charge in [0.15, 0.2) is 0 Å². The first-order valence-corrected chi connectivity index (χ1v) is 18.2. The summed E-state index contributed by atoms with van der Waals surface area (Å²) >= 11 is 0. The number of nitrogens with one attached hydrogen (secondary N) is 2. The highest BCUT2D eigenvalue weighted by molar-refractivity contribution is 5.97. The zero-order valence-electron chi connectivity index (χ0n) is 30.7. The third-order valence-electron chi connectivity index (χ3n) is 10.7. The van der Waals surface area contributed by atoms with Crippen molar-refractivity contribution in [1.29, 1.82) is 0 Å². The number of rotatable bonds is 11. The average molecular weight is 644 g/mol. The van der Waals surface area contributed by atoms with Gasteiger partial charge in [-0.15, -0.1) is 0 Å². The van der Waals surface area contributed by atoms with Gasteiger partial charge in [-0.3, -0.25) is 24.1 Å². The Kier molecular flexibility index (Phi) is 13.7. The van der Waals surface area contributed by atoms with Crippen molar-refractivity contribution in [1.82, 2.24) is 25.3 Å². The second kappa shape index (κ2) is 16.6. The molecule has 3 fully saturated rings. The molecule has 5 atom stereocenters. The van der Waals surface area contributed by atoms with E-state index < -0.39 is 17.5 Å². The normalized spacial score (nSPS) is 24.1. The Morgan fingerprint density at radius 1 is 0.783 bits per heavy atom. The Bertz CT molecular complexity index is 1090.